The maximum absolute atomic E-state index is 4.57. The van der Waals surface area contributed by atoms with Crippen molar-refractivity contribution >= 4 is 0 Å². The minimum absolute atomic E-state index is 0.817. The molecule has 0 N–H and O–H groups in total. The monoisotopic (exact) mass is 255 g/mol. The number of hydrogen-bond acceptors (Lipinski definition) is 3. The summed E-state index contributed by atoms with van der Waals surface area (Å²) in [6, 6.07) is 8.48. The average molecular weight is 255 g/mol. The van der Waals surface area contributed by atoms with Crippen LogP contribution < -0.4 is 0 Å². The molecule has 0 saturated heterocycles. The van der Waals surface area contributed by atoms with E-state index in [1.807, 2.05) is 13.8 Å². The van der Waals surface area contributed by atoms with E-state index in [1.165, 1.54) is 11.1 Å². The van der Waals surface area contributed by atoms with Gasteiger partial charge in [-0.2, -0.15) is 0 Å². The molecule has 3 nitrogen and oxygen atoms in total. The molecule has 0 amide bonds. The average Bonchev–Trinajstić information content (AvgIpc) is 2.35. The highest BCUT2D eigenvalue weighted by atomic mass is 15.0. The number of hydrogen-bond donors (Lipinski definition) is 0. The molecule has 1 aromatic carbocycles. The number of nitrogens with zero attached hydrogens (tertiary/aromatic N) is 3. The summed E-state index contributed by atoms with van der Waals surface area (Å²) in [6.07, 6.45) is 0. The van der Waals surface area contributed by atoms with E-state index < -0.39 is 0 Å². The predicted octanol–water partition coefficient (Wildman–Crippen LogP) is 3.13. The second-order valence-electron chi connectivity index (χ2n) is 5.28. The van der Waals surface area contributed by atoms with Gasteiger partial charge in [0.1, 0.15) is 0 Å². The summed E-state index contributed by atoms with van der Waals surface area (Å²) in [5, 5.41) is 0. The first-order valence-electron chi connectivity index (χ1n) is 6.53. The van der Waals surface area contributed by atoms with Crippen molar-refractivity contribution in [2.24, 2.45) is 0 Å². The Hall–Kier alpha value is -1.74. The Morgan fingerprint density at radius 2 is 1.42 bits per heavy atom. The van der Waals surface area contributed by atoms with E-state index in [2.05, 4.69) is 60.2 Å². The van der Waals surface area contributed by atoms with Gasteiger partial charge in [-0.1, -0.05) is 24.3 Å². The van der Waals surface area contributed by atoms with E-state index in [9.17, 15) is 0 Å². The Labute approximate surface area is 115 Å². The van der Waals surface area contributed by atoms with Gasteiger partial charge in [-0.15, -0.1) is 0 Å². The summed E-state index contributed by atoms with van der Waals surface area (Å²) in [5.41, 5.74) is 5.66. The van der Waals surface area contributed by atoms with E-state index in [0.717, 1.165) is 29.3 Å². The van der Waals surface area contributed by atoms with Crippen LogP contribution in [0.15, 0.2) is 24.3 Å². The van der Waals surface area contributed by atoms with Gasteiger partial charge in [0.2, 0.25) is 0 Å². The third-order valence-corrected chi connectivity index (χ3v) is 3.34. The van der Waals surface area contributed by atoms with Crippen LogP contribution in [-0.4, -0.2) is 29.0 Å². The fraction of sp³-hybridized carbons (Fsp3) is 0.375. The zero-order valence-corrected chi connectivity index (χ0v) is 12.4. The zero-order chi connectivity index (χ0) is 14.0. The standard InChI is InChI=1S/C16H21N3/c1-11-12(2)17-16(18-13(11)3)15-8-6-14(7-9-15)10-19(4)5/h6-9H,10H2,1-5H3. The molecule has 0 atom stereocenters. The second kappa shape index (κ2) is 5.49. The van der Waals surface area contributed by atoms with Crippen LogP contribution in [0.3, 0.4) is 0 Å². The van der Waals surface area contributed by atoms with Gasteiger partial charge in [0, 0.05) is 23.5 Å². The molecule has 2 aromatic rings. The minimum Gasteiger partial charge on any atom is -0.305 e. The molecule has 0 spiro atoms. The van der Waals surface area contributed by atoms with Crippen LogP contribution in [0.1, 0.15) is 22.5 Å². The molecule has 3 heteroatoms. The number of aromatic nitrogens is 2. The van der Waals surface area contributed by atoms with E-state index in [-0.39, 0.29) is 0 Å². The quantitative estimate of drug-likeness (QED) is 0.843. The summed E-state index contributed by atoms with van der Waals surface area (Å²) in [7, 11) is 4.15. The fourth-order valence-electron chi connectivity index (χ4n) is 2.03. The lowest BCUT2D eigenvalue weighted by molar-refractivity contribution is 0.402. The molecule has 2 rings (SSSR count). The van der Waals surface area contributed by atoms with Crippen molar-refractivity contribution in [1.82, 2.24) is 14.9 Å². The maximum Gasteiger partial charge on any atom is 0.159 e. The molecule has 1 aromatic heterocycles. The van der Waals surface area contributed by atoms with Crippen LogP contribution in [0.25, 0.3) is 11.4 Å². The second-order valence-corrected chi connectivity index (χ2v) is 5.28. The van der Waals surface area contributed by atoms with Gasteiger partial charge in [0.15, 0.2) is 5.82 Å². The summed E-state index contributed by atoms with van der Waals surface area (Å²) in [6.45, 7) is 7.09. The van der Waals surface area contributed by atoms with Crippen LogP contribution in [0.5, 0.6) is 0 Å². The largest absolute Gasteiger partial charge is 0.305 e. The Balaban J connectivity index is 2.32. The van der Waals surface area contributed by atoms with Gasteiger partial charge in [0.05, 0.1) is 0 Å². The highest BCUT2D eigenvalue weighted by Gasteiger charge is 2.06. The molecule has 0 saturated carbocycles. The van der Waals surface area contributed by atoms with Crippen molar-refractivity contribution in [3.8, 4) is 11.4 Å². The molecule has 0 radical (unpaired) electrons. The maximum atomic E-state index is 4.57. The smallest absolute Gasteiger partial charge is 0.159 e. The van der Waals surface area contributed by atoms with Crippen LogP contribution in [0.2, 0.25) is 0 Å². The van der Waals surface area contributed by atoms with Crippen LogP contribution >= 0.6 is 0 Å². The number of aryl methyl sites for hydroxylation is 2. The van der Waals surface area contributed by atoms with Crippen LogP contribution in [0.4, 0.5) is 0 Å². The lowest BCUT2D eigenvalue weighted by Crippen LogP contribution is -2.10. The molecule has 100 valence electrons. The van der Waals surface area contributed by atoms with Gasteiger partial charge < -0.3 is 4.90 Å². The van der Waals surface area contributed by atoms with Crippen molar-refractivity contribution < 1.29 is 0 Å². The van der Waals surface area contributed by atoms with Crippen molar-refractivity contribution in [2.75, 3.05) is 14.1 Å². The Morgan fingerprint density at radius 3 is 1.89 bits per heavy atom. The first-order valence-corrected chi connectivity index (χ1v) is 6.53. The lowest BCUT2D eigenvalue weighted by atomic mass is 10.1. The fourth-order valence-corrected chi connectivity index (χ4v) is 2.03. The molecule has 0 bridgehead atoms. The van der Waals surface area contributed by atoms with Gasteiger partial charge in [-0.05, 0) is 46.0 Å². The van der Waals surface area contributed by atoms with E-state index in [1.54, 1.807) is 0 Å². The highest BCUT2D eigenvalue weighted by Crippen LogP contribution is 2.19. The van der Waals surface area contributed by atoms with E-state index in [0.29, 0.717) is 0 Å². The Bertz CT molecular complexity index is 548. The highest BCUT2D eigenvalue weighted by molar-refractivity contribution is 5.56. The van der Waals surface area contributed by atoms with Gasteiger partial charge in [-0.25, -0.2) is 9.97 Å². The van der Waals surface area contributed by atoms with Crippen LogP contribution in [0, 0.1) is 20.8 Å². The molecule has 0 aliphatic rings. The molecule has 19 heavy (non-hydrogen) atoms. The third kappa shape index (κ3) is 3.18. The first kappa shape index (κ1) is 13.7. The summed E-state index contributed by atoms with van der Waals surface area (Å²) < 4.78 is 0. The van der Waals surface area contributed by atoms with Crippen LogP contribution in [-0.2, 0) is 6.54 Å². The molecule has 0 fully saturated rings. The van der Waals surface area contributed by atoms with Crippen molar-refractivity contribution in [3.63, 3.8) is 0 Å². The van der Waals surface area contributed by atoms with E-state index >= 15 is 0 Å². The number of benzene rings is 1. The Morgan fingerprint density at radius 1 is 0.895 bits per heavy atom. The molecule has 1 heterocycles. The number of rotatable bonds is 3. The topological polar surface area (TPSA) is 29.0 Å². The minimum atomic E-state index is 0.817. The molecule has 0 aliphatic carbocycles. The molecular formula is C16H21N3. The summed E-state index contributed by atoms with van der Waals surface area (Å²) in [5.74, 6) is 0.817. The zero-order valence-electron chi connectivity index (χ0n) is 12.4. The predicted molar refractivity (Wildman–Crippen MR) is 79.1 cm³/mol. The van der Waals surface area contributed by atoms with E-state index in [4.69, 9.17) is 0 Å². The summed E-state index contributed by atoms with van der Waals surface area (Å²) >= 11 is 0. The van der Waals surface area contributed by atoms with Gasteiger partial charge >= 0.3 is 0 Å². The molecule has 0 aliphatic heterocycles. The van der Waals surface area contributed by atoms with Gasteiger partial charge in [-0.3, -0.25) is 0 Å². The Kier molecular flexibility index (Phi) is 3.96. The summed E-state index contributed by atoms with van der Waals surface area (Å²) in [4.78, 5) is 11.3. The molecular weight excluding hydrogens is 234 g/mol. The lowest BCUT2D eigenvalue weighted by Gasteiger charge is -2.10. The first-order chi connectivity index (χ1) is 8.97. The normalized spacial score (nSPS) is 11.1. The van der Waals surface area contributed by atoms with Crippen molar-refractivity contribution in [2.45, 2.75) is 27.3 Å². The molecule has 0 unspecified atom stereocenters. The SMILES string of the molecule is Cc1nc(-c2ccc(CN(C)C)cc2)nc(C)c1C. The van der Waals surface area contributed by atoms with Crippen molar-refractivity contribution in [3.05, 3.63) is 46.8 Å². The third-order valence-electron chi connectivity index (χ3n) is 3.34. The van der Waals surface area contributed by atoms with Crippen molar-refractivity contribution in [1.29, 1.82) is 0 Å². The van der Waals surface area contributed by atoms with Gasteiger partial charge in [0.25, 0.3) is 0 Å².